The Hall–Kier alpha value is -3.41. The Kier molecular flexibility index (Phi) is 6.22. The van der Waals surface area contributed by atoms with Gasteiger partial charge in [-0.25, -0.2) is 0 Å². The Morgan fingerprint density at radius 3 is 2.57 bits per heavy atom. The van der Waals surface area contributed by atoms with Gasteiger partial charge in [-0.3, -0.25) is 14.6 Å². The third kappa shape index (κ3) is 4.85. The summed E-state index contributed by atoms with van der Waals surface area (Å²) in [6, 6.07) is 16.4. The molecule has 6 nitrogen and oxygen atoms in total. The highest BCUT2D eigenvalue weighted by Crippen LogP contribution is 2.13. The fourth-order valence-electron chi connectivity index (χ4n) is 2.79. The van der Waals surface area contributed by atoms with Gasteiger partial charge in [0.2, 0.25) is 0 Å². The van der Waals surface area contributed by atoms with E-state index in [0.717, 1.165) is 5.56 Å². The van der Waals surface area contributed by atoms with Crippen LogP contribution in [0.5, 0.6) is 0 Å². The zero-order chi connectivity index (χ0) is 19.9. The lowest BCUT2D eigenvalue weighted by molar-refractivity contribution is 0.0684. The van der Waals surface area contributed by atoms with E-state index in [4.69, 9.17) is 4.42 Å². The molecule has 0 atom stereocenters. The van der Waals surface area contributed by atoms with E-state index in [0.29, 0.717) is 17.9 Å². The minimum atomic E-state index is -0.285. The number of hydrogen-bond donors (Lipinski definition) is 1. The van der Waals surface area contributed by atoms with Gasteiger partial charge in [0.15, 0.2) is 0 Å². The molecule has 0 radical (unpaired) electrons. The number of amides is 2. The zero-order valence-electron chi connectivity index (χ0n) is 16.0. The maximum Gasteiger partial charge on any atom is 0.272 e. The first-order chi connectivity index (χ1) is 13.5. The van der Waals surface area contributed by atoms with Crippen LogP contribution in [0.15, 0.2) is 71.5 Å². The molecule has 0 fully saturated rings. The van der Waals surface area contributed by atoms with Crippen molar-refractivity contribution in [2.24, 2.45) is 0 Å². The van der Waals surface area contributed by atoms with Crippen LogP contribution < -0.4 is 5.32 Å². The SMILES string of the molecule is CC(C)N(Cc1ccccc1)C(=O)c1cc(C(=O)NCc2ccco2)ccn1. The van der Waals surface area contributed by atoms with Gasteiger partial charge in [0.25, 0.3) is 11.8 Å². The van der Waals surface area contributed by atoms with Crippen LogP contribution in [0.1, 0.15) is 46.0 Å². The number of rotatable bonds is 7. The first kappa shape index (κ1) is 19.4. The summed E-state index contributed by atoms with van der Waals surface area (Å²) in [6.07, 6.45) is 3.04. The first-order valence-electron chi connectivity index (χ1n) is 9.16. The summed E-state index contributed by atoms with van der Waals surface area (Å²) in [5, 5.41) is 2.77. The normalized spacial score (nSPS) is 10.7. The van der Waals surface area contributed by atoms with Crippen LogP contribution in [-0.4, -0.2) is 27.7 Å². The molecule has 2 amide bonds. The largest absolute Gasteiger partial charge is 0.467 e. The second-order valence-electron chi connectivity index (χ2n) is 6.70. The van der Waals surface area contributed by atoms with Crippen LogP contribution in [0.4, 0.5) is 0 Å². The predicted octanol–water partition coefficient (Wildman–Crippen LogP) is 3.66. The Morgan fingerprint density at radius 2 is 1.89 bits per heavy atom. The van der Waals surface area contributed by atoms with E-state index in [-0.39, 0.29) is 30.1 Å². The highest BCUT2D eigenvalue weighted by atomic mass is 16.3. The summed E-state index contributed by atoms with van der Waals surface area (Å²) in [7, 11) is 0. The van der Waals surface area contributed by atoms with Gasteiger partial charge in [-0.2, -0.15) is 0 Å². The number of carbonyl (C=O) groups is 2. The average molecular weight is 377 g/mol. The third-order valence-corrected chi connectivity index (χ3v) is 4.32. The molecule has 0 unspecified atom stereocenters. The summed E-state index contributed by atoms with van der Waals surface area (Å²) in [4.78, 5) is 31.4. The number of benzene rings is 1. The standard InChI is InChI=1S/C22H23N3O3/c1-16(2)25(15-17-7-4-3-5-8-17)22(27)20-13-18(10-11-23-20)21(26)24-14-19-9-6-12-28-19/h3-13,16H,14-15H2,1-2H3,(H,24,26). The predicted molar refractivity (Wildman–Crippen MR) is 106 cm³/mol. The molecule has 1 N–H and O–H groups in total. The molecule has 144 valence electrons. The van der Waals surface area contributed by atoms with Gasteiger partial charge in [0.05, 0.1) is 12.8 Å². The molecular formula is C22H23N3O3. The molecule has 2 heterocycles. The van der Waals surface area contributed by atoms with E-state index in [1.165, 1.54) is 12.3 Å². The molecule has 0 aliphatic carbocycles. The van der Waals surface area contributed by atoms with Gasteiger partial charge in [0, 0.05) is 24.3 Å². The van der Waals surface area contributed by atoms with Gasteiger partial charge in [-0.05, 0) is 43.7 Å². The Morgan fingerprint density at radius 1 is 1.11 bits per heavy atom. The minimum Gasteiger partial charge on any atom is -0.467 e. The number of nitrogens with one attached hydrogen (secondary N) is 1. The minimum absolute atomic E-state index is 0.00839. The van der Waals surface area contributed by atoms with Gasteiger partial charge in [-0.1, -0.05) is 30.3 Å². The third-order valence-electron chi connectivity index (χ3n) is 4.32. The van der Waals surface area contributed by atoms with Crippen LogP contribution in [0.25, 0.3) is 0 Å². The number of hydrogen-bond acceptors (Lipinski definition) is 4. The van der Waals surface area contributed by atoms with Crippen LogP contribution in [0.3, 0.4) is 0 Å². The van der Waals surface area contributed by atoms with Crippen molar-refractivity contribution in [1.29, 1.82) is 0 Å². The van der Waals surface area contributed by atoms with E-state index in [2.05, 4.69) is 10.3 Å². The van der Waals surface area contributed by atoms with Crippen molar-refractivity contribution in [3.8, 4) is 0 Å². The lowest BCUT2D eigenvalue weighted by Gasteiger charge is -2.26. The van der Waals surface area contributed by atoms with Crippen LogP contribution in [0, 0.1) is 0 Å². The van der Waals surface area contributed by atoms with Crippen molar-refractivity contribution in [3.05, 3.63) is 89.6 Å². The van der Waals surface area contributed by atoms with Gasteiger partial charge >= 0.3 is 0 Å². The number of nitrogens with zero attached hydrogens (tertiary/aromatic N) is 2. The van der Waals surface area contributed by atoms with E-state index in [9.17, 15) is 9.59 Å². The van der Waals surface area contributed by atoms with Crippen molar-refractivity contribution in [1.82, 2.24) is 15.2 Å². The summed E-state index contributed by atoms with van der Waals surface area (Å²) in [5.41, 5.74) is 1.67. The first-order valence-corrected chi connectivity index (χ1v) is 9.16. The maximum atomic E-state index is 13.0. The highest BCUT2D eigenvalue weighted by molar-refractivity contribution is 5.98. The second-order valence-corrected chi connectivity index (χ2v) is 6.70. The lowest BCUT2D eigenvalue weighted by atomic mass is 10.1. The Labute approximate surface area is 164 Å². The molecule has 0 bridgehead atoms. The maximum absolute atomic E-state index is 13.0. The fourth-order valence-corrected chi connectivity index (χ4v) is 2.79. The van der Waals surface area contributed by atoms with Crippen LogP contribution in [0.2, 0.25) is 0 Å². The molecule has 28 heavy (non-hydrogen) atoms. The van der Waals surface area contributed by atoms with Crippen molar-refractivity contribution in [2.45, 2.75) is 33.0 Å². The van der Waals surface area contributed by atoms with E-state index in [1.54, 1.807) is 29.4 Å². The quantitative estimate of drug-likeness (QED) is 0.682. The highest BCUT2D eigenvalue weighted by Gasteiger charge is 2.21. The number of aromatic nitrogens is 1. The molecule has 0 aliphatic heterocycles. The van der Waals surface area contributed by atoms with Crippen LogP contribution >= 0.6 is 0 Å². The van der Waals surface area contributed by atoms with Crippen LogP contribution in [-0.2, 0) is 13.1 Å². The number of pyridine rings is 1. The smallest absolute Gasteiger partial charge is 0.272 e. The lowest BCUT2D eigenvalue weighted by Crippen LogP contribution is -2.37. The van der Waals surface area contributed by atoms with Crippen molar-refractivity contribution in [3.63, 3.8) is 0 Å². The molecule has 6 heteroatoms. The molecular weight excluding hydrogens is 354 g/mol. The Bertz CT molecular complexity index is 921. The molecule has 1 aromatic carbocycles. The molecule has 0 spiro atoms. The molecule has 0 aliphatic rings. The summed E-state index contributed by atoms with van der Waals surface area (Å²) < 4.78 is 5.21. The van der Waals surface area contributed by atoms with Gasteiger partial charge < -0.3 is 14.6 Å². The Balaban J connectivity index is 1.73. The van der Waals surface area contributed by atoms with E-state index in [1.807, 2.05) is 44.2 Å². The van der Waals surface area contributed by atoms with Gasteiger partial charge in [0.1, 0.15) is 11.5 Å². The van der Waals surface area contributed by atoms with E-state index < -0.39 is 0 Å². The number of carbonyl (C=O) groups excluding carboxylic acids is 2. The van der Waals surface area contributed by atoms with Crippen molar-refractivity contribution < 1.29 is 14.0 Å². The summed E-state index contributed by atoms with van der Waals surface area (Å²) in [5.74, 6) is 0.166. The van der Waals surface area contributed by atoms with Gasteiger partial charge in [-0.15, -0.1) is 0 Å². The fraction of sp³-hybridized carbons (Fsp3) is 0.227. The topological polar surface area (TPSA) is 75.4 Å². The average Bonchev–Trinajstić information content (AvgIpc) is 3.24. The van der Waals surface area contributed by atoms with Crippen molar-refractivity contribution in [2.75, 3.05) is 0 Å². The summed E-state index contributed by atoms with van der Waals surface area (Å²) >= 11 is 0. The van der Waals surface area contributed by atoms with Crippen molar-refractivity contribution >= 4 is 11.8 Å². The van der Waals surface area contributed by atoms with E-state index >= 15 is 0 Å². The molecule has 2 aromatic heterocycles. The number of furan rings is 1. The summed E-state index contributed by atoms with van der Waals surface area (Å²) in [6.45, 7) is 4.68. The monoisotopic (exact) mass is 377 g/mol. The molecule has 0 saturated heterocycles. The molecule has 3 rings (SSSR count). The molecule has 3 aromatic rings. The second kappa shape index (κ2) is 8.99. The molecule has 0 saturated carbocycles. The zero-order valence-corrected chi connectivity index (χ0v) is 16.0.